The zero-order valence-corrected chi connectivity index (χ0v) is 14.0. The molecule has 1 aliphatic carbocycles. The average molecular weight is 305 g/mol. The van der Waals surface area contributed by atoms with Gasteiger partial charge in [0.05, 0.1) is 5.69 Å². The Kier molecular flexibility index (Phi) is 4.96. The molecule has 1 fully saturated rings. The summed E-state index contributed by atoms with van der Waals surface area (Å²) in [6.45, 7) is 6.83. The van der Waals surface area contributed by atoms with E-state index in [4.69, 9.17) is 4.98 Å². The maximum absolute atomic E-state index is 4.78. The van der Waals surface area contributed by atoms with Gasteiger partial charge in [0.1, 0.15) is 0 Å². The van der Waals surface area contributed by atoms with Gasteiger partial charge in [0.25, 0.3) is 0 Å². The van der Waals surface area contributed by atoms with Gasteiger partial charge in [0, 0.05) is 17.8 Å². The lowest BCUT2D eigenvalue weighted by molar-refractivity contribution is 0.314. The highest BCUT2D eigenvalue weighted by Gasteiger charge is 2.25. The summed E-state index contributed by atoms with van der Waals surface area (Å²) in [5.74, 6) is 2.37. The number of nitrogens with one attached hydrogen (secondary N) is 1. The molecule has 2 aromatic rings. The molecule has 1 aliphatic rings. The fourth-order valence-electron chi connectivity index (χ4n) is 3.53. The minimum Gasteiger partial charge on any atom is -0.316 e. The van der Waals surface area contributed by atoms with Crippen LogP contribution >= 0.6 is 11.3 Å². The summed E-state index contributed by atoms with van der Waals surface area (Å²) in [4.78, 5) is 5.91. The first-order valence-corrected chi connectivity index (χ1v) is 9.22. The molecular formula is C17H27N3S. The van der Waals surface area contributed by atoms with Gasteiger partial charge in [0.15, 0.2) is 4.96 Å². The quantitative estimate of drug-likeness (QED) is 0.838. The van der Waals surface area contributed by atoms with E-state index in [1.54, 1.807) is 11.3 Å². The first kappa shape index (κ1) is 15.0. The summed E-state index contributed by atoms with van der Waals surface area (Å²) in [5.41, 5.74) is 1.27. The molecule has 4 heteroatoms. The normalized spacial score (nSPS) is 18.0. The van der Waals surface area contributed by atoms with E-state index in [9.17, 15) is 0 Å². The molecule has 0 aliphatic heterocycles. The van der Waals surface area contributed by atoms with Crippen molar-refractivity contribution in [2.24, 2.45) is 17.8 Å². The molecular weight excluding hydrogens is 278 g/mol. The average Bonchev–Trinajstić information content (AvgIpc) is 3.13. The van der Waals surface area contributed by atoms with Crippen LogP contribution in [0.15, 0.2) is 17.8 Å². The zero-order chi connectivity index (χ0) is 14.7. The molecule has 0 radical (unpaired) electrons. The van der Waals surface area contributed by atoms with Crippen LogP contribution in [0.3, 0.4) is 0 Å². The van der Waals surface area contributed by atoms with Gasteiger partial charge in [-0.1, -0.05) is 39.5 Å². The zero-order valence-electron chi connectivity index (χ0n) is 13.2. The Morgan fingerprint density at radius 2 is 2.14 bits per heavy atom. The molecule has 1 atom stereocenters. The number of hydrogen-bond acceptors (Lipinski definition) is 3. The molecule has 0 saturated heterocycles. The first-order valence-electron chi connectivity index (χ1n) is 8.34. The molecule has 1 saturated carbocycles. The van der Waals surface area contributed by atoms with Crippen molar-refractivity contribution >= 4 is 16.3 Å². The SMILES string of the molecule is CC(C)CNCC(Cc1cn2ccsc2n1)C1CCCC1. The Labute approximate surface area is 131 Å². The van der Waals surface area contributed by atoms with Crippen molar-refractivity contribution in [3.8, 4) is 0 Å². The summed E-state index contributed by atoms with van der Waals surface area (Å²) in [6, 6.07) is 0. The molecule has 0 spiro atoms. The number of rotatable bonds is 7. The lowest BCUT2D eigenvalue weighted by Gasteiger charge is -2.23. The summed E-state index contributed by atoms with van der Waals surface area (Å²) in [7, 11) is 0. The molecule has 21 heavy (non-hydrogen) atoms. The second-order valence-electron chi connectivity index (χ2n) is 6.89. The van der Waals surface area contributed by atoms with Gasteiger partial charge in [-0.3, -0.25) is 4.40 Å². The van der Waals surface area contributed by atoms with Crippen LogP contribution < -0.4 is 5.32 Å². The molecule has 0 amide bonds. The summed E-state index contributed by atoms with van der Waals surface area (Å²) in [5, 5.41) is 5.78. The number of fused-ring (bicyclic) bond motifs is 1. The Bertz CT molecular complexity index is 523. The largest absolute Gasteiger partial charge is 0.316 e. The van der Waals surface area contributed by atoms with Crippen molar-refractivity contribution in [1.82, 2.24) is 14.7 Å². The minimum atomic E-state index is 0.729. The summed E-state index contributed by atoms with van der Waals surface area (Å²) in [6.07, 6.45) is 11.1. The van der Waals surface area contributed by atoms with Crippen LogP contribution in [0.2, 0.25) is 0 Å². The number of aromatic nitrogens is 2. The number of thiazole rings is 1. The lowest BCUT2D eigenvalue weighted by atomic mass is 9.87. The van der Waals surface area contributed by atoms with E-state index < -0.39 is 0 Å². The monoisotopic (exact) mass is 305 g/mol. The number of nitrogens with zero attached hydrogens (tertiary/aromatic N) is 2. The Morgan fingerprint density at radius 1 is 1.33 bits per heavy atom. The first-order chi connectivity index (χ1) is 10.2. The van der Waals surface area contributed by atoms with Crippen LogP contribution in [0, 0.1) is 17.8 Å². The van der Waals surface area contributed by atoms with Gasteiger partial charge in [-0.25, -0.2) is 4.98 Å². The van der Waals surface area contributed by atoms with Crippen LogP contribution in [-0.4, -0.2) is 22.5 Å². The standard InChI is InChI=1S/C17H27N3S/c1-13(2)10-18-11-15(14-5-3-4-6-14)9-16-12-20-7-8-21-17(20)19-16/h7-8,12-15,18H,3-6,9-11H2,1-2H3. The van der Waals surface area contributed by atoms with Crippen molar-refractivity contribution in [2.75, 3.05) is 13.1 Å². The van der Waals surface area contributed by atoms with Gasteiger partial charge in [0.2, 0.25) is 0 Å². The van der Waals surface area contributed by atoms with Crippen LogP contribution in [0.1, 0.15) is 45.2 Å². The summed E-state index contributed by atoms with van der Waals surface area (Å²) < 4.78 is 2.16. The third kappa shape index (κ3) is 3.86. The van der Waals surface area contributed by atoms with E-state index in [1.165, 1.54) is 31.4 Å². The topological polar surface area (TPSA) is 29.3 Å². The Hall–Kier alpha value is -0.870. The van der Waals surface area contributed by atoms with E-state index in [2.05, 4.69) is 41.3 Å². The molecule has 1 N–H and O–H groups in total. The second-order valence-corrected chi connectivity index (χ2v) is 7.76. The highest BCUT2D eigenvalue weighted by Crippen LogP contribution is 2.33. The predicted octanol–water partition coefficient (Wildman–Crippen LogP) is 3.99. The van der Waals surface area contributed by atoms with Crippen molar-refractivity contribution in [1.29, 1.82) is 0 Å². The van der Waals surface area contributed by atoms with Crippen molar-refractivity contribution in [3.05, 3.63) is 23.5 Å². The van der Waals surface area contributed by atoms with E-state index >= 15 is 0 Å². The highest BCUT2D eigenvalue weighted by molar-refractivity contribution is 7.15. The van der Waals surface area contributed by atoms with Crippen molar-refractivity contribution in [2.45, 2.75) is 46.0 Å². The Morgan fingerprint density at radius 3 is 2.86 bits per heavy atom. The van der Waals surface area contributed by atoms with E-state index in [0.717, 1.165) is 42.2 Å². The molecule has 3 rings (SSSR count). The number of imidazole rings is 1. The second kappa shape index (κ2) is 6.93. The molecule has 1 unspecified atom stereocenters. The van der Waals surface area contributed by atoms with Gasteiger partial charge in [-0.05, 0) is 37.3 Å². The fraction of sp³-hybridized carbons (Fsp3) is 0.706. The van der Waals surface area contributed by atoms with Crippen molar-refractivity contribution in [3.63, 3.8) is 0 Å². The predicted molar refractivity (Wildman–Crippen MR) is 89.9 cm³/mol. The number of hydrogen-bond donors (Lipinski definition) is 1. The molecule has 116 valence electrons. The lowest BCUT2D eigenvalue weighted by Crippen LogP contribution is -2.31. The molecule has 3 nitrogen and oxygen atoms in total. The minimum absolute atomic E-state index is 0.729. The molecule has 0 bridgehead atoms. The molecule has 2 heterocycles. The summed E-state index contributed by atoms with van der Waals surface area (Å²) >= 11 is 1.73. The maximum Gasteiger partial charge on any atom is 0.193 e. The van der Waals surface area contributed by atoms with E-state index in [1.807, 2.05) is 0 Å². The maximum atomic E-state index is 4.78. The smallest absolute Gasteiger partial charge is 0.193 e. The van der Waals surface area contributed by atoms with Crippen LogP contribution in [0.5, 0.6) is 0 Å². The van der Waals surface area contributed by atoms with E-state index in [0.29, 0.717) is 0 Å². The van der Waals surface area contributed by atoms with E-state index in [-0.39, 0.29) is 0 Å². The van der Waals surface area contributed by atoms with Crippen LogP contribution in [0.25, 0.3) is 4.96 Å². The van der Waals surface area contributed by atoms with Crippen LogP contribution in [-0.2, 0) is 6.42 Å². The van der Waals surface area contributed by atoms with Crippen molar-refractivity contribution < 1.29 is 0 Å². The Balaban J connectivity index is 1.64. The van der Waals surface area contributed by atoms with Gasteiger partial charge >= 0.3 is 0 Å². The third-order valence-corrected chi connectivity index (χ3v) is 5.41. The van der Waals surface area contributed by atoms with Gasteiger partial charge < -0.3 is 5.32 Å². The highest BCUT2D eigenvalue weighted by atomic mass is 32.1. The van der Waals surface area contributed by atoms with Gasteiger partial charge in [-0.15, -0.1) is 11.3 Å². The third-order valence-electron chi connectivity index (χ3n) is 4.64. The fourth-order valence-corrected chi connectivity index (χ4v) is 4.25. The van der Waals surface area contributed by atoms with Gasteiger partial charge in [-0.2, -0.15) is 0 Å². The molecule has 2 aromatic heterocycles. The van der Waals surface area contributed by atoms with Crippen LogP contribution in [0.4, 0.5) is 0 Å². The molecule has 0 aromatic carbocycles.